The van der Waals surface area contributed by atoms with Gasteiger partial charge in [0.05, 0.1) is 35.5 Å². The molecule has 0 bridgehead atoms. The van der Waals surface area contributed by atoms with Gasteiger partial charge in [-0.3, -0.25) is 9.59 Å². The van der Waals surface area contributed by atoms with E-state index in [1.54, 1.807) is 23.0 Å². The van der Waals surface area contributed by atoms with E-state index >= 15 is 0 Å². The molecule has 6 rings (SSSR count). The first-order chi connectivity index (χ1) is 19.1. The number of fused-ring (bicyclic) bond motifs is 1. The first kappa shape index (κ1) is 26.0. The number of ether oxygens (including phenoxy) is 2. The SMILES string of the molecule is CC(=O)Nc1cc(Oc2ccc3nc(Nc4cc(C5CC5)nn(CC5COC(C)(C)C5)c4=O)n(C)c3c2)ccn1. The summed E-state index contributed by atoms with van der Waals surface area (Å²) in [6.07, 6.45) is 4.64. The second-order valence-electron chi connectivity index (χ2n) is 11.3. The molecule has 4 heterocycles. The van der Waals surface area contributed by atoms with Crippen LogP contribution in [0, 0.1) is 5.92 Å². The van der Waals surface area contributed by atoms with Crippen molar-refractivity contribution in [3.63, 3.8) is 0 Å². The lowest BCUT2D eigenvalue weighted by Gasteiger charge is -2.16. The number of hydrogen-bond donors (Lipinski definition) is 2. The van der Waals surface area contributed by atoms with Crippen molar-refractivity contribution in [2.24, 2.45) is 13.0 Å². The highest BCUT2D eigenvalue weighted by molar-refractivity contribution is 5.87. The number of aryl methyl sites for hydroxylation is 1. The van der Waals surface area contributed by atoms with Crippen LogP contribution >= 0.6 is 0 Å². The minimum absolute atomic E-state index is 0.169. The smallest absolute Gasteiger partial charge is 0.290 e. The summed E-state index contributed by atoms with van der Waals surface area (Å²) < 4.78 is 15.4. The van der Waals surface area contributed by atoms with Gasteiger partial charge in [-0.15, -0.1) is 0 Å². The number of nitrogens with one attached hydrogen (secondary N) is 2. The van der Waals surface area contributed by atoms with Crippen LogP contribution in [0.1, 0.15) is 51.6 Å². The van der Waals surface area contributed by atoms with Crippen LogP contribution in [0.5, 0.6) is 11.5 Å². The molecule has 11 nitrogen and oxygen atoms in total. The average Bonchev–Trinajstić information content (AvgIpc) is 3.63. The van der Waals surface area contributed by atoms with Gasteiger partial charge in [0.1, 0.15) is 23.0 Å². The standard InChI is InChI=1S/C29H33N7O4/c1-17(37)31-26-12-21(9-10-30-26)40-20-7-8-22-25(11-20)35(4)28(32-22)33-24-13-23(19-5-6-19)34-36(27(24)38)15-18-14-29(2,3)39-16-18/h7-13,18-19H,5-6,14-16H2,1-4H3,(H,32,33)(H,30,31,37). The number of anilines is 3. The molecule has 208 valence electrons. The molecule has 4 aromatic rings. The van der Waals surface area contributed by atoms with E-state index in [1.807, 2.05) is 35.9 Å². The summed E-state index contributed by atoms with van der Waals surface area (Å²) in [6.45, 7) is 6.74. The summed E-state index contributed by atoms with van der Waals surface area (Å²) in [6, 6.07) is 10.8. The van der Waals surface area contributed by atoms with Crippen LogP contribution in [0.2, 0.25) is 0 Å². The summed E-state index contributed by atoms with van der Waals surface area (Å²) in [4.78, 5) is 33.7. The Morgan fingerprint density at radius 2 is 1.98 bits per heavy atom. The van der Waals surface area contributed by atoms with E-state index in [4.69, 9.17) is 19.6 Å². The van der Waals surface area contributed by atoms with E-state index in [1.165, 1.54) is 6.92 Å². The Hall–Kier alpha value is -4.25. The van der Waals surface area contributed by atoms with Gasteiger partial charge in [-0.05, 0) is 57.4 Å². The largest absolute Gasteiger partial charge is 0.457 e. The third-order valence-corrected chi connectivity index (χ3v) is 7.28. The molecule has 2 aliphatic rings. The summed E-state index contributed by atoms with van der Waals surface area (Å²) in [5.74, 6) is 2.53. The third kappa shape index (κ3) is 5.55. The molecule has 1 aliphatic heterocycles. The van der Waals surface area contributed by atoms with Crippen LogP contribution in [0.25, 0.3) is 11.0 Å². The molecule has 11 heteroatoms. The molecule has 1 unspecified atom stereocenters. The Labute approximate surface area is 231 Å². The second kappa shape index (κ2) is 10.1. The van der Waals surface area contributed by atoms with Crippen molar-refractivity contribution in [1.82, 2.24) is 24.3 Å². The van der Waals surface area contributed by atoms with Gasteiger partial charge in [0.15, 0.2) is 0 Å². The maximum Gasteiger partial charge on any atom is 0.290 e. The molecule has 2 fully saturated rings. The van der Waals surface area contributed by atoms with Gasteiger partial charge in [0.25, 0.3) is 5.56 Å². The third-order valence-electron chi connectivity index (χ3n) is 7.28. The van der Waals surface area contributed by atoms with Crippen molar-refractivity contribution < 1.29 is 14.3 Å². The summed E-state index contributed by atoms with van der Waals surface area (Å²) in [7, 11) is 1.89. The van der Waals surface area contributed by atoms with E-state index in [-0.39, 0.29) is 23.0 Å². The van der Waals surface area contributed by atoms with Gasteiger partial charge in [0.2, 0.25) is 11.9 Å². The molecular weight excluding hydrogens is 510 g/mol. The quantitative estimate of drug-likeness (QED) is 0.327. The number of rotatable bonds is 8. The Morgan fingerprint density at radius 3 is 2.70 bits per heavy atom. The summed E-state index contributed by atoms with van der Waals surface area (Å²) >= 11 is 0. The first-order valence-electron chi connectivity index (χ1n) is 13.5. The number of nitrogens with zero attached hydrogens (tertiary/aromatic N) is 5. The topological polar surface area (TPSA) is 125 Å². The highest BCUT2D eigenvalue weighted by Gasteiger charge is 2.33. The number of carbonyl (C=O) groups excluding carboxylic acids is 1. The zero-order valence-corrected chi connectivity index (χ0v) is 23.1. The number of imidazole rings is 1. The van der Waals surface area contributed by atoms with Crippen LogP contribution < -0.4 is 20.9 Å². The van der Waals surface area contributed by atoms with E-state index < -0.39 is 0 Å². The van der Waals surface area contributed by atoms with E-state index in [2.05, 4.69) is 29.5 Å². The molecule has 0 radical (unpaired) electrons. The van der Waals surface area contributed by atoms with Crippen molar-refractivity contribution in [2.45, 2.75) is 58.1 Å². The lowest BCUT2D eigenvalue weighted by atomic mass is 9.98. The normalized spacial score (nSPS) is 18.1. The van der Waals surface area contributed by atoms with Crippen molar-refractivity contribution >= 4 is 34.4 Å². The van der Waals surface area contributed by atoms with Crippen LogP contribution in [-0.2, 0) is 23.1 Å². The molecule has 1 atom stereocenters. The van der Waals surface area contributed by atoms with Gasteiger partial charge in [0, 0.05) is 44.1 Å². The Balaban J connectivity index is 1.26. The zero-order valence-electron chi connectivity index (χ0n) is 23.1. The van der Waals surface area contributed by atoms with Crippen LogP contribution in [0.3, 0.4) is 0 Å². The fraction of sp³-hybridized carbons (Fsp3) is 0.414. The maximum absolute atomic E-state index is 13.5. The molecular formula is C29H33N7O4. The molecule has 2 N–H and O–H groups in total. The number of amides is 1. The number of aromatic nitrogens is 5. The van der Waals surface area contributed by atoms with Crippen molar-refractivity contribution in [3.8, 4) is 11.5 Å². The van der Waals surface area contributed by atoms with Crippen LogP contribution in [0.4, 0.5) is 17.5 Å². The summed E-state index contributed by atoms with van der Waals surface area (Å²) in [5.41, 5.74) is 2.65. The van der Waals surface area contributed by atoms with E-state index in [9.17, 15) is 9.59 Å². The first-order valence-corrected chi connectivity index (χ1v) is 13.5. The van der Waals surface area contributed by atoms with Gasteiger partial charge in [-0.2, -0.15) is 5.10 Å². The van der Waals surface area contributed by atoms with Gasteiger partial charge >= 0.3 is 0 Å². The highest BCUT2D eigenvalue weighted by Crippen LogP contribution is 2.39. The molecule has 1 aliphatic carbocycles. The molecule has 1 aromatic carbocycles. The Bertz CT molecular complexity index is 1650. The number of pyridine rings is 1. The molecule has 0 spiro atoms. The fourth-order valence-corrected chi connectivity index (χ4v) is 5.20. The van der Waals surface area contributed by atoms with E-state index in [0.29, 0.717) is 48.0 Å². The summed E-state index contributed by atoms with van der Waals surface area (Å²) in [5, 5.41) is 10.7. The zero-order chi connectivity index (χ0) is 28.0. The average molecular weight is 544 g/mol. The lowest BCUT2D eigenvalue weighted by Crippen LogP contribution is -2.30. The highest BCUT2D eigenvalue weighted by atomic mass is 16.5. The molecule has 1 saturated heterocycles. The number of carbonyl (C=O) groups is 1. The van der Waals surface area contributed by atoms with Gasteiger partial charge in [-0.25, -0.2) is 14.6 Å². The molecule has 40 heavy (non-hydrogen) atoms. The lowest BCUT2D eigenvalue weighted by molar-refractivity contribution is -0.114. The number of benzene rings is 1. The van der Waals surface area contributed by atoms with Gasteiger partial charge in [-0.1, -0.05) is 0 Å². The monoisotopic (exact) mass is 543 g/mol. The maximum atomic E-state index is 13.5. The molecule has 3 aromatic heterocycles. The minimum Gasteiger partial charge on any atom is -0.457 e. The Morgan fingerprint density at radius 1 is 1.18 bits per heavy atom. The number of hydrogen-bond acceptors (Lipinski definition) is 8. The van der Waals surface area contributed by atoms with Crippen molar-refractivity contribution in [2.75, 3.05) is 17.2 Å². The Kier molecular flexibility index (Phi) is 6.53. The minimum atomic E-state index is -0.206. The predicted octanol–water partition coefficient (Wildman–Crippen LogP) is 4.71. The second-order valence-corrected chi connectivity index (χ2v) is 11.3. The van der Waals surface area contributed by atoms with Gasteiger partial charge < -0.3 is 24.7 Å². The fourth-order valence-electron chi connectivity index (χ4n) is 5.20. The van der Waals surface area contributed by atoms with Crippen molar-refractivity contribution in [1.29, 1.82) is 0 Å². The van der Waals surface area contributed by atoms with E-state index in [0.717, 1.165) is 36.0 Å². The van der Waals surface area contributed by atoms with Crippen LogP contribution in [0.15, 0.2) is 47.4 Å². The molecule has 1 saturated carbocycles. The van der Waals surface area contributed by atoms with Crippen molar-refractivity contribution in [3.05, 3.63) is 58.6 Å². The predicted molar refractivity (Wildman–Crippen MR) is 151 cm³/mol. The van der Waals surface area contributed by atoms with Crippen LogP contribution in [-0.4, -0.2) is 42.4 Å². The molecule has 1 amide bonds.